The highest BCUT2D eigenvalue weighted by molar-refractivity contribution is 4.79. The van der Waals surface area contributed by atoms with Crippen LogP contribution in [0.2, 0.25) is 0 Å². The van der Waals surface area contributed by atoms with E-state index in [-0.39, 0.29) is 0 Å². The van der Waals surface area contributed by atoms with E-state index in [4.69, 9.17) is 0 Å². The maximum Gasteiger partial charge on any atom is -0.0355 e. The minimum atomic E-state index is 0.977. The molecule has 1 saturated carbocycles. The van der Waals surface area contributed by atoms with Crippen molar-refractivity contribution in [3.8, 4) is 0 Å². The van der Waals surface area contributed by atoms with E-state index in [1.165, 1.54) is 148 Å². The normalized spacial score (nSPS) is 15.6. The third kappa shape index (κ3) is 16.2. The SMILES string of the molecule is CCCCCCCCCCCCCCCCCCC[CH]C1CCCCC1. The molecule has 1 rings (SSSR count). The molecule has 1 aliphatic carbocycles. The zero-order chi connectivity index (χ0) is 18.5. The highest BCUT2D eigenvalue weighted by Crippen LogP contribution is 2.27. The van der Waals surface area contributed by atoms with Gasteiger partial charge in [-0.25, -0.2) is 0 Å². The van der Waals surface area contributed by atoms with E-state index >= 15 is 0 Å². The Hall–Kier alpha value is 0. The molecule has 1 aliphatic rings. The maximum absolute atomic E-state index is 2.66. The minimum Gasteiger partial charge on any atom is -0.0654 e. The molecule has 1 fully saturated rings. The molecule has 0 heteroatoms. The van der Waals surface area contributed by atoms with Crippen molar-refractivity contribution in [1.29, 1.82) is 0 Å². The average Bonchev–Trinajstić information content (AvgIpc) is 2.68. The van der Waals surface area contributed by atoms with Crippen LogP contribution in [0.4, 0.5) is 0 Å². The molecule has 155 valence electrons. The lowest BCUT2D eigenvalue weighted by Gasteiger charge is -2.20. The highest BCUT2D eigenvalue weighted by atomic mass is 14.2. The first-order valence-electron chi connectivity index (χ1n) is 12.8. The van der Waals surface area contributed by atoms with Gasteiger partial charge in [0.2, 0.25) is 0 Å². The summed E-state index contributed by atoms with van der Waals surface area (Å²) in [5.41, 5.74) is 0. The van der Waals surface area contributed by atoms with E-state index in [1.54, 1.807) is 0 Å². The average molecular weight is 364 g/mol. The smallest absolute Gasteiger partial charge is 0.0355 e. The van der Waals surface area contributed by atoms with E-state index in [0.717, 1.165) is 5.92 Å². The fourth-order valence-corrected chi connectivity index (χ4v) is 4.59. The third-order valence-corrected chi connectivity index (χ3v) is 6.46. The largest absolute Gasteiger partial charge is 0.0654 e. The summed E-state index contributed by atoms with van der Waals surface area (Å²) in [4.78, 5) is 0. The van der Waals surface area contributed by atoms with Crippen molar-refractivity contribution >= 4 is 0 Å². The van der Waals surface area contributed by atoms with Crippen LogP contribution in [0.25, 0.3) is 0 Å². The summed E-state index contributed by atoms with van der Waals surface area (Å²) >= 11 is 0. The molecule has 0 N–H and O–H groups in total. The molecule has 0 spiro atoms. The van der Waals surface area contributed by atoms with Crippen molar-refractivity contribution in [3.05, 3.63) is 6.42 Å². The summed E-state index contributed by atoms with van der Waals surface area (Å²) in [6, 6.07) is 0. The van der Waals surface area contributed by atoms with Crippen molar-refractivity contribution in [2.45, 2.75) is 155 Å². The first-order valence-corrected chi connectivity index (χ1v) is 12.8. The molecule has 0 atom stereocenters. The van der Waals surface area contributed by atoms with Crippen LogP contribution in [0.5, 0.6) is 0 Å². The van der Waals surface area contributed by atoms with E-state index in [9.17, 15) is 0 Å². The quantitative estimate of drug-likeness (QED) is 0.200. The van der Waals surface area contributed by atoms with E-state index in [1.807, 2.05) is 0 Å². The second-order valence-electron chi connectivity index (χ2n) is 9.08. The highest BCUT2D eigenvalue weighted by Gasteiger charge is 2.12. The van der Waals surface area contributed by atoms with Crippen LogP contribution in [0.15, 0.2) is 0 Å². The van der Waals surface area contributed by atoms with Crippen molar-refractivity contribution in [2.24, 2.45) is 5.92 Å². The Morgan fingerprint density at radius 2 is 0.885 bits per heavy atom. The molecular weight excluding hydrogens is 312 g/mol. The van der Waals surface area contributed by atoms with Crippen molar-refractivity contribution in [1.82, 2.24) is 0 Å². The van der Waals surface area contributed by atoms with Gasteiger partial charge >= 0.3 is 0 Å². The molecule has 0 aromatic carbocycles. The first-order chi connectivity index (χ1) is 12.9. The van der Waals surface area contributed by atoms with Gasteiger partial charge in [-0.1, -0.05) is 148 Å². The van der Waals surface area contributed by atoms with Crippen molar-refractivity contribution in [3.63, 3.8) is 0 Å². The predicted molar refractivity (Wildman–Crippen MR) is 120 cm³/mol. The van der Waals surface area contributed by atoms with Crippen LogP contribution in [0, 0.1) is 12.3 Å². The van der Waals surface area contributed by atoms with Gasteiger partial charge < -0.3 is 0 Å². The van der Waals surface area contributed by atoms with Gasteiger partial charge in [0.25, 0.3) is 0 Å². The van der Waals surface area contributed by atoms with Crippen LogP contribution in [-0.4, -0.2) is 0 Å². The molecular formula is C26H51. The van der Waals surface area contributed by atoms with Gasteiger partial charge in [0.15, 0.2) is 0 Å². The minimum absolute atomic E-state index is 0.977. The zero-order valence-electron chi connectivity index (χ0n) is 18.4. The summed E-state index contributed by atoms with van der Waals surface area (Å²) in [6.07, 6.45) is 36.6. The molecule has 0 saturated heterocycles. The topological polar surface area (TPSA) is 0 Å². The molecule has 0 amide bonds. The molecule has 0 bridgehead atoms. The Morgan fingerprint density at radius 1 is 0.500 bits per heavy atom. The summed E-state index contributed by atoms with van der Waals surface area (Å²) in [7, 11) is 0. The number of hydrogen-bond acceptors (Lipinski definition) is 0. The van der Waals surface area contributed by atoms with Crippen molar-refractivity contribution < 1.29 is 0 Å². The van der Waals surface area contributed by atoms with Crippen LogP contribution < -0.4 is 0 Å². The second-order valence-corrected chi connectivity index (χ2v) is 9.08. The fraction of sp³-hybridized carbons (Fsp3) is 0.962. The second kappa shape index (κ2) is 19.8. The fourth-order valence-electron chi connectivity index (χ4n) is 4.59. The lowest BCUT2D eigenvalue weighted by atomic mass is 9.85. The molecule has 0 nitrogen and oxygen atoms in total. The van der Waals surface area contributed by atoms with Crippen LogP contribution in [0.3, 0.4) is 0 Å². The summed E-state index contributed by atoms with van der Waals surface area (Å²) in [6.45, 7) is 2.30. The van der Waals surface area contributed by atoms with Gasteiger partial charge in [-0.05, 0) is 18.8 Å². The third-order valence-electron chi connectivity index (χ3n) is 6.46. The van der Waals surface area contributed by atoms with Crippen LogP contribution in [-0.2, 0) is 0 Å². The lowest BCUT2D eigenvalue weighted by Crippen LogP contribution is -2.06. The number of hydrogen-bond donors (Lipinski definition) is 0. The zero-order valence-corrected chi connectivity index (χ0v) is 18.4. The predicted octanol–water partition coefficient (Wildman–Crippen LogP) is 9.81. The van der Waals surface area contributed by atoms with Gasteiger partial charge in [-0.15, -0.1) is 0 Å². The molecule has 0 aromatic heterocycles. The van der Waals surface area contributed by atoms with E-state index < -0.39 is 0 Å². The maximum atomic E-state index is 2.66. The summed E-state index contributed by atoms with van der Waals surface area (Å²) in [5, 5.41) is 0. The lowest BCUT2D eigenvalue weighted by molar-refractivity contribution is 0.387. The van der Waals surface area contributed by atoms with Crippen molar-refractivity contribution in [2.75, 3.05) is 0 Å². The summed E-state index contributed by atoms with van der Waals surface area (Å²) in [5.74, 6) is 0.977. The van der Waals surface area contributed by atoms with E-state index in [2.05, 4.69) is 13.3 Å². The number of rotatable bonds is 19. The molecule has 26 heavy (non-hydrogen) atoms. The van der Waals surface area contributed by atoms with Crippen LogP contribution in [0.1, 0.15) is 155 Å². The standard InChI is InChI=1S/C26H51/c1-2-3-4-5-6-7-8-9-10-11-12-13-14-15-16-17-18-20-23-26-24-21-19-22-25-26/h23,26H,2-22,24-25H2,1H3. The van der Waals surface area contributed by atoms with Gasteiger partial charge in [0.05, 0.1) is 0 Å². The summed E-state index contributed by atoms with van der Waals surface area (Å²) < 4.78 is 0. The van der Waals surface area contributed by atoms with E-state index in [0.29, 0.717) is 0 Å². The monoisotopic (exact) mass is 363 g/mol. The Morgan fingerprint density at radius 3 is 1.31 bits per heavy atom. The molecule has 0 aromatic rings. The first kappa shape index (κ1) is 24.0. The molecule has 0 heterocycles. The van der Waals surface area contributed by atoms with Gasteiger partial charge in [0.1, 0.15) is 0 Å². The Bertz CT molecular complexity index is 251. The van der Waals surface area contributed by atoms with Crippen LogP contribution >= 0.6 is 0 Å². The number of unbranched alkanes of at least 4 members (excludes halogenated alkanes) is 17. The Balaban J connectivity index is 1.65. The Kier molecular flexibility index (Phi) is 18.3. The molecule has 0 aliphatic heterocycles. The van der Waals surface area contributed by atoms with Gasteiger partial charge in [-0.2, -0.15) is 0 Å². The van der Waals surface area contributed by atoms with Gasteiger partial charge in [-0.3, -0.25) is 0 Å². The molecule has 0 unspecified atom stereocenters. The Labute approximate surface area is 167 Å². The van der Waals surface area contributed by atoms with Gasteiger partial charge in [0, 0.05) is 0 Å². The molecule has 1 radical (unpaired) electrons.